The molecule has 0 heterocycles. The van der Waals surface area contributed by atoms with E-state index in [0.29, 0.717) is 5.56 Å². The van der Waals surface area contributed by atoms with Crippen LogP contribution < -0.4 is 0 Å². The Balaban J connectivity index is 2.53. The van der Waals surface area contributed by atoms with E-state index in [1.165, 1.54) is 5.56 Å². The van der Waals surface area contributed by atoms with Crippen LogP contribution in [0.15, 0.2) is 18.2 Å². The van der Waals surface area contributed by atoms with Crippen LogP contribution in [0.2, 0.25) is 0 Å². The SMILES string of the molecule is CN(C)C1CCc2cccc(C(=O)O)c21. The molecule has 0 aliphatic heterocycles. The van der Waals surface area contributed by atoms with Crippen LogP contribution in [0.25, 0.3) is 0 Å². The van der Waals surface area contributed by atoms with Gasteiger partial charge >= 0.3 is 5.97 Å². The summed E-state index contributed by atoms with van der Waals surface area (Å²) < 4.78 is 0. The number of hydrogen-bond donors (Lipinski definition) is 1. The fraction of sp³-hybridized carbons (Fsp3) is 0.417. The van der Waals surface area contributed by atoms with Gasteiger partial charge < -0.3 is 10.0 Å². The predicted molar refractivity (Wildman–Crippen MR) is 58.2 cm³/mol. The van der Waals surface area contributed by atoms with Crippen LogP contribution in [0.5, 0.6) is 0 Å². The maximum atomic E-state index is 11.1. The minimum Gasteiger partial charge on any atom is -0.478 e. The van der Waals surface area contributed by atoms with Crippen LogP contribution in [-0.2, 0) is 6.42 Å². The largest absolute Gasteiger partial charge is 0.478 e. The van der Waals surface area contributed by atoms with Crippen LogP contribution in [0.1, 0.15) is 33.9 Å². The maximum absolute atomic E-state index is 11.1. The molecular formula is C12H15NO2. The average Bonchev–Trinajstić information content (AvgIpc) is 2.60. The van der Waals surface area contributed by atoms with Gasteiger partial charge in [-0.15, -0.1) is 0 Å². The molecule has 0 saturated carbocycles. The summed E-state index contributed by atoms with van der Waals surface area (Å²) in [5.41, 5.74) is 2.66. The molecule has 0 spiro atoms. The molecule has 0 radical (unpaired) electrons. The standard InChI is InChI=1S/C12H15NO2/c1-13(2)10-7-6-8-4-3-5-9(11(8)10)12(14)15/h3-5,10H,6-7H2,1-2H3,(H,14,15). The Morgan fingerprint density at radius 1 is 1.47 bits per heavy atom. The van der Waals surface area contributed by atoms with Crippen LogP contribution in [0.4, 0.5) is 0 Å². The van der Waals surface area contributed by atoms with Crippen molar-refractivity contribution in [1.82, 2.24) is 4.90 Å². The number of hydrogen-bond acceptors (Lipinski definition) is 2. The molecule has 0 bridgehead atoms. The van der Waals surface area contributed by atoms with Crippen molar-refractivity contribution in [2.24, 2.45) is 0 Å². The summed E-state index contributed by atoms with van der Waals surface area (Å²) in [5, 5.41) is 9.13. The Kier molecular flexibility index (Phi) is 2.49. The lowest BCUT2D eigenvalue weighted by Crippen LogP contribution is -2.19. The number of carboxylic acids is 1. The second-order valence-corrected chi connectivity index (χ2v) is 4.20. The van der Waals surface area contributed by atoms with E-state index in [2.05, 4.69) is 4.90 Å². The first-order valence-electron chi connectivity index (χ1n) is 5.12. The summed E-state index contributed by atoms with van der Waals surface area (Å²) in [7, 11) is 4.00. The van der Waals surface area contributed by atoms with E-state index in [4.69, 9.17) is 5.11 Å². The molecule has 3 nitrogen and oxygen atoms in total. The molecular weight excluding hydrogens is 190 g/mol. The lowest BCUT2D eigenvalue weighted by atomic mass is 10.0. The Hall–Kier alpha value is -1.35. The molecule has 15 heavy (non-hydrogen) atoms. The third-order valence-corrected chi connectivity index (χ3v) is 3.07. The maximum Gasteiger partial charge on any atom is 0.336 e. The Labute approximate surface area is 89.3 Å². The first-order valence-corrected chi connectivity index (χ1v) is 5.12. The molecule has 0 aromatic heterocycles. The minimum atomic E-state index is -0.819. The van der Waals surface area contributed by atoms with Gasteiger partial charge in [-0.1, -0.05) is 12.1 Å². The summed E-state index contributed by atoms with van der Waals surface area (Å²) in [5.74, 6) is -0.819. The molecule has 1 aliphatic carbocycles. The van der Waals surface area contributed by atoms with Crippen molar-refractivity contribution in [3.8, 4) is 0 Å². The molecule has 1 aromatic carbocycles. The highest BCUT2D eigenvalue weighted by Gasteiger charge is 2.28. The quantitative estimate of drug-likeness (QED) is 0.802. The molecule has 0 amide bonds. The monoisotopic (exact) mass is 205 g/mol. The molecule has 0 fully saturated rings. The van der Waals surface area contributed by atoms with Crippen molar-refractivity contribution in [3.05, 3.63) is 34.9 Å². The van der Waals surface area contributed by atoms with Crippen LogP contribution in [-0.4, -0.2) is 30.1 Å². The van der Waals surface area contributed by atoms with Gasteiger partial charge in [0.25, 0.3) is 0 Å². The average molecular weight is 205 g/mol. The van der Waals surface area contributed by atoms with E-state index in [-0.39, 0.29) is 6.04 Å². The van der Waals surface area contributed by atoms with Gasteiger partial charge in [0.1, 0.15) is 0 Å². The van der Waals surface area contributed by atoms with Gasteiger partial charge in [0.05, 0.1) is 5.56 Å². The zero-order valence-corrected chi connectivity index (χ0v) is 9.03. The number of carboxylic acid groups (broad SMARTS) is 1. The Bertz CT molecular complexity index is 399. The van der Waals surface area contributed by atoms with Crippen LogP contribution in [0, 0.1) is 0 Å². The number of rotatable bonds is 2. The minimum absolute atomic E-state index is 0.257. The first-order chi connectivity index (χ1) is 7.11. The zero-order chi connectivity index (χ0) is 11.0. The van der Waals surface area contributed by atoms with Crippen molar-refractivity contribution >= 4 is 5.97 Å². The molecule has 1 aliphatic rings. The smallest absolute Gasteiger partial charge is 0.336 e. The molecule has 3 heteroatoms. The van der Waals surface area contributed by atoms with Crippen molar-refractivity contribution < 1.29 is 9.90 Å². The second kappa shape index (κ2) is 3.66. The number of aryl methyl sites for hydroxylation is 1. The third-order valence-electron chi connectivity index (χ3n) is 3.07. The second-order valence-electron chi connectivity index (χ2n) is 4.20. The van der Waals surface area contributed by atoms with Gasteiger partial charge in [0, 0.05) is 6.04 Å². The van der Waals surface area contributed by atoms with Crippen molar-refractivity contribution in [2.45, 2.75) is 18.9 Å². The van der Waals surface area contributed by atoms with E-state index in [1.54, 1.807) is 6.07 Å². The number of benzene rings is 1. The molecule has 1 aromatic rings. The first kappa shape index (κ1) is 10.2. The highest BCUT2D eigenvalue weighted by Crippen LogP contribution is 2.36. The van der Waals surface area contributed by atoms with Gasteiger partial charge in [0.15, 0.2) is 0 Å². The molecule has 1 atom stereocenters. The number of nitrogens with zero attached hydrogens (tertiary/aromatic N) is 1. The molecule has 0 saturated heterocycles. The molecule has 1 N–H and O–H groups in total. The highest BCUT2D eigenvalue weighted by molar-refractivity contribution is 5.90. The zero-order valence-electron chi connectivity index (χ0n) is 9.03. The Morgan fingerprint density at radius 2 is 2.20 bits per heavy atom. The fourth-order valence-electron chi connectivity index (χ4n) is 2.36. The molecule has 2 rings (SSSR count). The summed E-state index contributed by atoms with van der Waals surface area (Å²) >= 11 is 0. The van der Waals surface area contributed by atoms with Crippen molar-refractivity contribution in [1.29, 1.82) is 0 Å². The van der Waals surface area contributed by atoms with Crippen LogP contribution >= 0.6 is 0 Å². The third kappa shape index (κ3) is 1.63. The van der Waals surface area contributed by atoms with E-state index < -0.39 is 5.97 Å². The number of fused-ring (bicyclic) bond motifs is 1. The van der Waals surface area contributed by atoms with Gasteiger partial charge in [-0.25, -0.2) is 4.79 Å². The summed E-state index contributed by atoms with van der Waals surface area (Å²) in [6.07, 6.45) is 2.01. The summed E-state index contributed by atoms with van der Waals surface area (Å²) in [4.78, 5) is 13.2. The van der Waals surface area contributed by atoms with Gasteiger partial charge in [0.2, 0.25) is 0 Å². The number of carbonyl (C=O) groups is 1. The highest BCUT2D eigenvalue weighted by atomic mass is 16.4. The molecule has 1 unspecified atom stereocenters. The summed E-state index contributed by atoms with van der Waals surface area (Å²) in [6, 6.07) is 5.82. The Morgan fingerprint density at radius 3 is 2.80 bits per heavy atom. The topological polar surface area (TPSA) is 40.5 Å². The van der Waals surface area contributed by atoms with E-state index in [1.807, 2.05) is 26.2 Å². The van der Waals surface area contributed by atoms with Crippen molar-refractivity contribution in [3.63, 3.8) is 0 Å². The lowest BCUT2D eigenvalue weighted by molar-refractivity contribution is 0.0694. The van der Waals surface area contributed by atoms with Crippen LogP contribution in [0.3, 0.4) is 0 Å². The van der Waals surface area contributed by atoms with Gasteiger partial charge in [-0.05, 0) is 44.1 Å². The molecule has 80 valence electrons. The van der Waals surface area contributed by atoms with E-state index >= 15 is 0 Å². The van der Waals surface area contributed by atoms with Gasteiger partial charge in [-0.3, -0.25) is 0 Å². The fourth-order valence-corrected chi connectivity index (χ4v) is 2.36. The lowest BCUT2D eigenvalue weighted by Gasteiger charge is -2.21. The van der Waals surface area contributed by atoms with E-state index in [9.17, 15) is 4.79 Å². The predicted octanol–water partition coefficient (Wildman–Crippen LogP) is 1.93. The van der Waals surface area contributed by atoms with Crippen molar-refractivity contribution in [2.75, 3.05) is 14.1 Å². The van der Waals surface area contributed by atoms with Gasteiger partial charge in [-0.2, -0.15) is 0 Å². The number of aromatic carboxylic acids is 1. The summed E-state index contributed by atoms with van der Waals surface area (Å²) in [6.45, 7) is 0. The van der Waals surface area contributed by atoms with E-state index in [0.717, 1.165) is 18.4 Å². The normalized spacial score (nSPS) is 19.3.